The lowest BCUT2D eigenvalue weighted by Gasteiger charge is -2.07. The van der Waals surface area contributed by atoms with E-state index in [2.05, 4.69) is 0 Å². The molecule has 0 N–H and O–H groups in total. The molecular formula is C17H16O3. The van der Waals surface area contributed by atoms with Gasteiger partial charge in [0, 0.05) is 17.2 Å². The highest BCUT2D eigenvalue weighted by Gasteiger charge is 2.07. The zero-order chi connectivity index (χ0) is 14.4. The van der Waals surface area contributed by atoms with Gasteiger partial charge in [-0.1, -0.05) is 30.3 Å². The molecule has 0 atom stereocenters. The number of allylic oxidation sites excluding steroid dienone is 1. The fraction of sp³-hybridized carbons (Fsp3) is 0.118. The number of carbonyl (C=O) groups is 1. The Balaban J connectivity index is 2.26. The van der Waals surface area contributed by atoms with Gasteiger partial charge in [-0.05, 0) is 24.3 Å². The number of methoxy groups -OCH3 is 2. The van der Waals surface area contributed by atoms with Gasteiger partial charge in [0.05, 0.1) is 14.2 Å². The van der Waals surface area contributed by atoms with Gasteiger partial charge in [0.1, 0.15) is 11.5 Å². The lowest BCUT2D eigenvalue weighted by Crippen LogP contribution is -1.97. The van der Waals surface area contributed by atoms with Crippen LogP contribution < -0.4 is 4.74 Å². The Morgan fingerprint density at radius 2 is 1.55 bits per heavy atom. The Labute approximate surface area is 118 Å². The molecule has 20 heavy (non-hydrogen) atoms. The fourth-order valence-electron chi connectivity index (χ4n) is 1.82. The van der Waals surface area contributed by atoms with Crippen LogP contribution in [0.1, 0.15) is 15.9 Å². The minimum Gasteiger partial charge on any atom is -0.497 e. The smallest absolute Gasteiger partial charge is 0.189 e. The van der Waals surface area contributed by atoms with Crippen LogP contribution in [-0.4, -0.2) is 20.0 Å². The van der Waals surface area contributed by atoms with Gasteiger partial charge in [-0.15, -0.1) is 0 Å². The Bertz CT molecular complexity index is 598. The molecule has 3 nitrogen and oxygen atoms in total. The molecule has 0 fully saturated rings. The molecule has 0 aliphatic carbocycles. The lowest BCUT2D eigenvalue weighted by molar-refractivity contribution is 0.104. The molecule has 0 aromatic heterocycles. The summed E-state index contributed by atoms with van der Waals surface area (Å²) >= 11 is 0. The summed E-state index contributed by atoms with van der Waals surface area (Å²) in [7, 11) is 3.16. The van der Waals surface area contributed by atoms with Crippen LogP contribution in [-0.2, 0) is 4.74 Å². The maximum atomic E-state index is 12.1. The number of ketones is 1. The van der Waals surface area contributed by atoms with E-state index in [1.165, 1.54) is 6.08 Å². The second-order valence-corrected chi connectivity index (χ2v) is 4.17. The summed E-state index contributed by atoms with van der Waals surface area (Å²) in [5, 5.41) is 0. The molecule has 0 unspecified atom stereocenters. The number of hydrogen-bond donors (Lipinski definition) is 0. The molecule has 0 saturated carbocycles. The third kappa shape index (κ3) is 3.26. The van der Waals surface area contributed by atoms with Crippen LogP contribution in [0.4, 0.5) is 0 Å². The molecule has 0 heterocycles. The van der Waals surface area contributed by atoms with Crippen molar-refractivity contribution < 1.29 is 14.3 Å². The summed E-state index contributed by atoms with van der Waals surface area (Å²) in [6, 6.07) is 16.5. The second-order valence-electron chi connectivity index (χ2n) is 4.17. The first-order valence-electron chi connectivity index (χ1n) is 6.24. The minimum atomic E-state index is -0.0849. The average Bonchev–Trinajstić information content (AvgIpc) is 2.53. The molecule has 0 bridgehead atoms. The highest BCUT2D eigenvalue weighted by molar-refractivity contribution is 6.07. The summed E-state index contributed by atoms with van der Waals surface area (Å²) in [6.07, 6.45) is 1.50. The first-order valence-corrected chi connectivity index (χ1v) is 6.24. The summed E-state index contributed by atoms with van der Waals surface area (Å²) < 4.78 is 10.4. The zero-order valence-corrected chi connectivity index (χ0v) is 11.5. The molecule has 0 spiro atoms. The van der Waals surface area contributed by atoms with Gasteiger partial charge in [0.15, 0.2) is 5.78 Å². The van der Waals surface area contributed by atoms with E-state index >= 15 is 0 Å². The van der Waals surface area contributed by atoms with Gasteiger partial charge >= 0.3 is 0 Å². The third-order valence-electron chi connectivity index (χ3n) is 2.91. The molecule has 3 heteroatoms. The molecule has 2 rings (SSSR count). The van der Waals surface area contributed by atoms with Gasteiger partial charge in [-0.25, -0.2) is 0 Å². The molecule has 2 aromatic rings. The molecule has 0 saturated heterocycles. The van der Waals surface area contributed by atoms with Crippen molar-refractivity contribution in [3.05, 3.63) is 71.8 Å². The van der Waals surface area contributed by atoms with Crippen LogP contribution in [0.25, 0.3) is 5.76 Å². The van der Waals surface area contributed by atoms with E-state index in [1.54, 1.807) is 26.4 Å². The van der Waals surface area contributed by atoms with Crippen molar-refractivity contribution in [1.29, 1.82) is 0 Å². The maximum Gasteiger partial charge on any atom is 0.189 e. The number of benzene rings is 2. The van der Waals surface area contributed by atoms with Crippen LogP contribution in [0.3, 0.4) is 0 Å². The van der Waals surface area contributed by atoms with Crippen molar-refractivity contribution in [2.75, 3.05) is 14.2 Å². The molecule has 0 amide bonds. The summed E-state index contributed by atoms with van der Waals surface area (Å²) in [5.41, 5.74) is 1.47. The second kappa shape index (κ2) is 6.57. The van der Waals surface area contributed by atoms with E-state index in [0.29, 0.717) is 11.3 Å². The summed E-state index contributed by atoms with van der Waals surface area (Å²) in [5.74, 6) is 1.21. The highest BCUT2D eigenvalue weighted by atomic mass is 16.5. The standard InChI is InChI=1S/C17H16O3/c1-19-15-10-8-14(9-11-15)17(20-2)12-16(18)13-6-4-3-5-7-13/h3-12H,1-2H3/b17-12+. The topological polar surface area (TPSA) is 35.5 Å². The van der Waals surface area contributed by atoms with Gasteiger partial charge < -0.3 is 9.47 Å². The fourth-order valence-corrected chi connectivity index (χ4v) is 1.82. The van der Waals surface area contributed by atoms with E-state index in [1.807, 2.05) is 42.5 Å². The lowest BCUT2D eigenvalue weighted by atomic mass is 10.1. The number of rotatable bonds is 5. The number of carbonyl (C=O) groups excluding carboxylic acids is 1. The first kappa shape index (κ1) is 13.9. The molecule has 2 aromatic carbocycles. The zero-order valence-electron chi connectivity index (χ0n) is 11.5. The van der Waals surface area contributed by atoms with Gasteiger partial charge in [-0.2, -0.15) is 0 Å². The average molecular weight is 268 g/mol. The summed E-state index contributed by atoms with van der Waals surface area (Å²) in [4.78, 5) is 12.1. The Morgan fingerprint density at radius 1 is 0.900 bits per heavy atom. The van der Waals surface area contributed by atoms with Gasteiger partial charge in [-0.3, -0.25) is 4.79 Å². The van der Waals surface area contributed by atoms with Crippen molar-refractivity contribution in [2.45, 2.75) is 0 Å². The Hall–Kier alpha value is -2.55. The van der Waals surface area contributed by atoms with Gasteiger partial charge in [0.2, 0.25) is 0 Å². The first-order chi connectivity index (χ1) is 9.74. The van der Waals surface area contributed by atoms with Crippen LogP contribution in [0.5, 0.6) is 5.75 Å². The molecule has 0 radical (unpaired) electrons. The number of ether oxygens (including phenoxy) is 2. The monoisotopic (exact) mass is 268 g/mol. The van der Waals surface area contributed by atoms with Crippen molar-refractivity contribution in [3.63, 3.8) is 0 Å². The molecule has 0 aliphatic heterocycles. The van der Waals surface area contributed by atoms with Crippen molar-refractivity contribution in [3.8, 4) is 5.75 Å². The van der Waals surface area contributed by atoms with E-state index in [-0.39, 0.29) is 5.78 Å². The SMILES string of the molecule is CO/C(=C/C(=O)c1ccccc1)c1ccc(OC)cc1. The Kier molecular flexibility index (Phi) is 4.56. The van der Waals surface area contributed by atoms with Crippen LogP contribution >= 0.6 is 0 Å². The molecule has 102 valence electrons. The van der Waals surface area contributed by atoms with E-state index < -0.39 is 0 Å². The highest BCUT2D eigenvalue weighted by Crippen LogP contribution is 2.19. The van der Waals surface area contributed by atoms with Crippen molar-refractivity contribution in [2.24, 2.45) is 0 Å². The third-order valence-corrected chi connectivity index (χ3v) is 2.91. The van der Waals surface area contributed by atoms with Gasteiger partial charge in [0.25, 0.3) is 0 Å². The quantitative estimate of drug-likeness (QED) is 0.472. The predicted molar refractivity (Wildman–Crippen MR) is 78.8 cm³/mol. The predicted octanol–water partition coefficient (Wildman–Crippen LogP) is 3.57. The largest absolute Gasteiger partial charge is 0.497 e. The van der Waals surface area contributed by atoms with Crippen LogP contribution in [0.2, 0.25) is 0 Å². The van der Waals surface area contributed by atoms with E-state index in [9.17, 15) is 4.79 Å². The number of hydrogen-bond acceptors (Lipinski definition) is 3. The van der Waals surface area contributed by atoms with Crippen LogP contribution in [0, 0.1) is 0 Å². The molecule has 0 aliphatic rings. The minimum absolute atomic E-state index is 0.0849. The van der Waals surface area contributed by atoms with E-state index in [0.717, 1.165) is 11.3 Å². The van der Waals surface area contributed by atoms with Crippen molar-refractivity contribution in [1.82, 2.24) is 0 Å². The molecular weight excluding hydrogens is 252 g/mol. The normalized spacial score (nSPS) is 11.0. The van der Waals surface area contributed by atoms with Crippen LogP contribution in [0.15, 0.2) is 60.7 Å². The maximum absolute atomic E-state index is 12.1. The Morgan fingerprint density at radius 3 is 2.10 bits per heavy atom. The van der Waals surface area contributed by atoms with Crippen molar-refractivity contribution >= 4 is 11.5 Å². The summed E-state index contributed by atoms with van der Waals surface area (Å²) in [6.45, 7) is 0. The van der Waals surface area contributed by atoms with E-state index in [4.69, 9.17) is 9.47 Å².